The highest BCUT2D eigenvalue weighted by molar-refractivity contribution is 5.73. The lowest BCUT2D eigenvalue weighted by atomic mass is 10.2. The van der Waals surface area contributed by atoms with Crippen molar-refractivity contribution in [1.82, 2.24) is 14.9 Å². The second-order valence-corrected chi connectivity index (χ2v) is 6.38. The zero-order valence-corrected chi connectivity index (χ0v) is 16.2. The average Bonchev–Trinajstić information content (AvgIpc) is 2.67. The average molecular weight is 371 g/mol. The van der Waals surface area contributed by atoms with Gasteiger partial charge in [-0.3, -0.25) is 4.79 Å². The van der Waals surface area contributed by atoms with Crippen LogP contribution in [-0.4, -0.2) is 61.2 Å². The van der Waals surface area contributed by atoms with Gasteiger partial charge >= 0.3 is 0 Å². The predicted octanol–water partition coefficient (Wildman–Crippen LogP) is 2.21. The molecule has 0 saturated carbocycles. The molecule has 0 atom stereocenters. The maximum Gasteiger partial charge on any atom is 0.227 e. The Bertz CT molecular complexity index is 819. The number of aromatic nitrogens is 2. The Balaban J connectivity index is 1.81. The zero-order chi connectivity index (χ0) is 19.4. The van der Waals surface area contributed by atoms with Crippen LogP contribution in [0.4, 0.5) is 17.5 Å². The number of ether oxygens (including phenoxy) is 2. The summed E-state index contributed by atoms with van der Waals surface area (Å²) in [5.74, 6) is 2.86. The molecule has 2 aromatic rings. The van der Waals surface area contributed by atoms with E-state index in [9.17, 15) is 4.79 Å². The van der Waals surface area contributed by atoms with E-state index in [4.69, 9.17) is 9.47 Å². The predicted molar refractivity (Wildman–Crippen MR) is 104 cm³/mol. The fraction of sp³-hybridized carbons (Fsp3) is 0.421. The van der Waals surface area contributed by atoms with Gasteiger partial charge in [-0.1, -0.05) is 0 Å². The molecular formula is C19H25N5O3. The van der Waals surface area contributed by atoms with Gasteiger partial charge in [-0.15, -0.1) is 0 Å². The number of hydrogen-bond donors (Lipinski definition) is 1. The van der Waals surface area contributed by atoms with Gasteiger partial charge in [-0.2, -0.15) is 4.98 Å². The van der Waals surface area contributed by atoms with Crippen molar-refractivity contribution in [3.8, 4) is 11.5 Å². The van der Waals surface area contributed by atoms with E-state index in [1.54, 1.807) is 21.1 Å². The molecule has 0 bridgehead atoms. The Morgan fingerprint density at radius 2 is 1.81 bits per heavy atom. The number of amides is 1. The third-order valence-electron chi connectivity index (χ3n) is 4.52. The molecule has 1 saturated heterocycles. The van der Waals surface area contributed by atoms with Crippen molar-refractivity contribution < 1.29 is 14.3 Å². The topological polar surface area (TPSA) is 79.8 Å². The molecule has 0 radical (unpaired) electrons. The number of nitrogens with one attached hydrogen (secondary N) is 1. The van der Waals surface area contributed by atoms with Crippen molar-refractivity contribution in [2.75, 3.05) is 50.6 Å². The standard InChI is InChI=1S/C19H25N5O3/c1-13-11-18(21-16-12-15(26-3)5-6-17(16)27-4)22-19(20-13)24-9-7-23(8-10-24)14(2)25/h5-6,11-12H,7-10H2,1-4H3,(H,20,21,22). The van der Waals surface area contributed by atoms with Crippen LogP contribution in [0.1, 0.15) is 12.6 Å². The van der Waals surface area contributed by atoms with Gasteiger partial charge in [0, 0.05) is 50.9 Å². The molecule has 1 fully saturated rings. The van der Waals surface area contributed by atoms with Gasteiger partial charge in [0.1, 0.15) is 17.3 Å². The molecule has 1 aliphatic rings. The highest BCUT2D eigenvalue weighted by atomic mass is 16.5. The lowest BCUT2D eigenvalue weighted by molar-refractivity contribution is -0.129. The first-order valence-corrected chi connectivity index (χ1v) is 8.85. The molecule has 1 amide bonds. The van der Waals surface area contributed by atoms with Crippen molar-refractivity contribution in [3.63, 3.8) is 0 Å². The summed E-state index contributed by atoms with van der Waals surface area (Å²) in [5, 5.41) is 3.30. The van der Waals surface area contributed by atoms with Gasteiger partial charge in [-0.05, 0) is 19.1 Å². The third-order valence-corrected chi connectivity index (χ3v) is 4.52. The van der Waals surface area contributed by atoms with E-state index < -0.39 is 0 Å². The number of nitrogens with zero attached hydrogens (tertiary/aromatic N) is 4. The van der Waals surface area contributed by atoms with Crippen molar-refractivity contribution in [1.29, 1.82) is 0 Å². The normalized spacial score (nSPS) is 14.1. The fourth-order valence-corrected chi connectivity index (χ4v) is 3.03. The van der Waals surface area contributed by atoms with Crippen LogP contribution in [0.3, 0.4) is 0 Å². The molecule has 2 heterocycles. The molecule has 144 valence electrons. The summed E-state index contributed by atoms with van der Waals surface area (Å²) in [7, 11) is 3.25. The van der Waals surface area contributed by atoms with Gasteiger partial charge < -0.3 is 24.6 Å². The Hall–Kier alpha value is -3.03. The third kappa shape index (κ3) is 4.39. The van der Waals surface area contributed by atoms with Gasteiger partial charge in [0.25, 0.3) is 0 Å². The minimum absolute atomic E-state index is 0.104. The molecule has 8 nitrogen and oxygen atoms in total. The monoisotopic (exact) mass is 371 g/mol. The van der Waals surface area contributed by atoms with Crippen LogP contribution in [0, 0.1) is 6.92 Å². The summed E-state index contributed by atoms with van der Waals surface area (Å²) in [6, 6.07) is 7.43. The minimum atomic E-state index is 0.104. The number of anilines is 3. The first-order chi connectivity index (χ1) is 13.0. The largest absolute Gasteiger partial charge is 0.497 e. The lowest BCUT2D eigenvalue weighted by Gasteiger charge is -2.34. The summed E-state index contributed by atoms with van der Waals surface area (Å²) >= 11 is 0. The molecule has 8 heteroatoms. The number of piperazine rings is 1. The molecule has 1 aromatic carbocycles. The van der Waals surface area contributed by atoms with Gasteiger partial charge in [0.05, 0.1) is 19.9 Å². The molecule has 3 rings (SSSR count). The smallest absolute Gasteiger partial charge is 0.227 e. The molecule has 1 N–H and O–H groups in total. The van der Waals surface area contributed by atoms with Crippen LogP contribution in [0.5, 0.6) is 11.5 Å². The zero-order valence-electron chi connectivity index (χ0n) is 16.2. The van der Waals surface area contributed by atoms with Crippen molar-refractivity contribution in [3.05, 3.63) is 30.0 Å². The molecule has 0 aliphatic carbocycles. The van der Waals surface area contributed by atoms with Crippen LogP contribution in [0.25, 0.3) is 0 Å². The van der Waals surface area contributed by atoms with Gasteiger partial charge in [0.15, 0.2) is 0 Å². The second-order valence-electron chi connectivity index (χ2n) is 6.38. The van der Waals surface area contributed by atoms with Gasteiger partial charge in [-0.25, -0.2) is 4.98 Å². The van der Waals surface area contributed by atoms with E-state index >= 15 is 0 Å². The van der Waals surface area contributed by atoms with E-state index in [1.807, 2.05) is 36.1 Å². The Kier molecular flexibility index (Phi) is 5.63. The van der Waals surface area contributed by atoms with Crippen molar-refractivity contribution in [2.45, 2.75) is 13.8 Å². The molecular weight excluding hydrogens is 346 g/mol. The van der Waals surface area contributed by atoms with E-state index in [2.05, 4.69) is 20.2 Å². The van der Waals surface area contributed by atoms with E-state index in [-0.39, 0.29) is 5.91 Å². The fourth-order valence-electron chi connectivity index (χ4n) is 3.03. The molecule has 0 unspecified atom stereocenters. The number of carbonyl (C=O) groups excluding carboxylic acids is 1. The Morgan fingerprint density at radius 1 is 1.07 bits per heavy atom. The van der Waals surface area contributed by atoms with E-state index in [0.29, 0.717) is 43.7 Å². The first-order valence-electron chi connectivity index (χ1n) is 8.85. The SMILES string of the molecule is COc1ccc(OC)c(Nc2cc(C)nc(N3CCN(C(C)=O)CC3)n2)c1. The number of hydrogen-bond acceptors (Lipinski definition) is 7. The van der Waals surface area contributed by atoms with Crippen LogP contribution in [0.15, 0.2) is 24.3 Å². The Labute approximate surface area is 159 Å². The quantitative estimate of drug-likeness (QED) is 0.863. The summed E-state index contributed by atoms with van der Waals surface area (Å²) in [6.07, 6.45) is 0. The number of methoxy groups -OCH3 is 2. The molecule has 27 heavy (non-hydrogen) atoms. The molecule has 1 aliphatic heterocycles. The highest BCUT2D eigenvalue weighted by Crippen LogP contribution is 2.31. The Morgan fingerprint density at radius 3 is 2.44 bits per heavy atom. The lowest BCUT2D eigenvalue weighted by Crippen LogP contribution is -2.48. The van der Waals surface area contributed by atoms with Crippen molar-refractivity contribution >= 4 is 23.4 Å². The van der Waals surface area contributed by atoms with Crippen LogP contribution >= 0.6 is 0 Å². The number of benzene rings is 1. The number of aryl methyl sites for hydroxylation is 1. The van der Waals surface area contributed by atoms with Crippen LogP contribution in [0.2, 0.25) is 0 Å². The van der Waals surface area contributed by atoms with Crippen LogP contribution < -0.4 is 19.7 Å². The maximum atomic E-state index is 11.5. The first kappa shape index (κ1) is 18.8. The summed E-state index contributed by atoms with van der Waals surface area (Å²) in [5.41, 5.74) is 1.63. The second kappa shape index (κ2) is 8.11. The van der Waals surface area contributed by atoms with Crippen LogP contribution in [-0.2, 0) is 4.79 Å². The minimum Gasteiger partial charge on any atom is -0.497 e. The molecule has 1 aromatic heterocycles. The summed E-state index contributed by atoms with van der Waals surface area (Å²) in [6.45, 7) is 6.32. The summed E-state index contributed by atoms with van der Waals surface area (Å²) < 4.78 is 10.7. The number of rotatable bonds is 5. The van der Waals surface area contributed by atoms with E-state index in [1.165, 1.54) is 0 Å². The van der Waals surface area contributed by atoms with Gasteiger partial charge in [0.2, 0.25) is 11.9 Å². The number of carbonyl (C=O) groups is 1. The molecule has 0 spiro atoms. The van der Waals surface area contributed by atoms with Crippen molar-refractivity contribution in [2.24, 2.45) is 0 Å². The maximum absolute atomic E-state index is 11.5. The summed E-state index contributed by atoms with van der Waals surface area (Å²) in [4.78, 5) is 24.7. The highest BCUT2D eigenvalue weighted by Gasteiger charge is 2.21. The van der Waals surface area contributed by atoms with E-state index in [0.717, 1.165) is 17.1 Å².